The minimum atomic E-state index is -2.54. The Kier molecular flexibility index (Phi) is 5.57. The Bertz CT molecular complexity index is 765. The van der Waals surface area contributed by atoms with Gasteiger partial charge >= 0.3 is 0 Å². The first kappa shape index (κ1) is 17.1. The van der Waals surface area contributed by atoms with E-state index in [0.29, 0.717) is 11.1 Å². The predicted molar refractivity (Wildman–Crippen MR) is 80.4 cm³/mol. The van der Waals surface area contributed by atoms with E-state index in [1.54, 1.807) is 0 Å². The van der Waals surface area contributed by atoms with E-state index < -0.39 is 24.8 Å². The molecule has 7 nitrogen and oxygen atoms in total. The summed E-state index contributed by atoms with van der Waals surface area (Å²) >= 11 is 0. The van der Waals surface area contributed by atoms with Gasteiger partial charge in [0, 0.05) is 11.8 Å². The summed E-state index contributed by atoms with van der Waals surface area (Å²) in [4.78, 5) is 23.6. The molecule has 0 saturated carbocycles. The van der Waals surface area contributed by atoms with Crippen molar-refractivity contribution in [2.24, 2.45) is 0 Å². The second-order valence-corrected chi connectivity index (χ2v) is 4.76. The summed E-state index contributed by atoms with van der Waals surface area (Å²) in [5.41, 5.74) is 0.991. The third-order valence-electron chi connectivity index (χ3n) is 2.93. The van der Waals surface area contributed by atoms with Crippen molar-refractivity contribution in [1.29, 1.82) is 5.26 Å². The van der Waals surface area contributed by atoms with Gasteiger partial charge in [0.2, 0.25) is 5.91 Å². The van der Waals surface area contributed by atoms with E-state index in [4.69, 9.17) is 5.26 Å². The monoisotopic (exact) mass is 333 g/mol. The van der Waals surface area contributed by atoms with E-state index >= 15 is 0 Å². The van der Waals surface area contributed by atoms with Crippen LogP contribution in [0.1, 0.15) is 15.9 Å². The van der Waals surface area contributed by atoms with Crippen LogP contribution in [0.5, 0.6) is 0 Å². The van der Waals surface area contributed by atoms with Crippen molar-refractivity contribution in [2.75, 3.05) is 11.9 Å². The van der Waals surface area contributed by atoms with Crippen LogP contribution in [0.3, 0.4) is 0 Å². The molecule has 0 atom stereocenters. The number of carbonyl (C=O) groups is 2. The quantitative estimate of drug-likeness (QED) is 0.834. The molecule has 0 fully saturated rings. The van der Waals surface area contributed by atoms with Crippen molar-refractivity contribution < 1.29 is 18.4 Å². The number of benzene rings is 1. The topological polar surface area (TPSA) is 99.8 Å². The van der Waals surface area contributed by atoms with Gasteiger partial charge in [-0.3, -0.25) is 14.3 Å². The van der Waals surface area contributed by atoms with Crippen LogP contribution >= 0.6 is 0 Å². The van der Waals surface area contributed by atoms with Crippen LogP contribution in [0.2, 0.25) is 0 Å². The lowest BCUT2D eigenvalue weighted by Crippen LogP contribution is -2.32. The number of carbonyl (C=O) groups excluding carboxylic acids is 2. The molecule has 0 aliphatic rings. The first-order chi connectivity index (χ1) is 11.5. The van der Waals surface area contributed by atoms with Crippen LogP contribution in [0.4, 0.5) is 14.5 Å². The van der Waals surface area contributed by atoms with Crippen molar-refractivity contribution in [1.82, 2.24) is 15.1 Å². The number of halogens is 2. The summed E-state index contributed by atoms with van der Waals surface area (Å²) in [5.74, 6) is -0.989. The van der Waals surface area contributed by atoms with Gasteiger partial charge in [0.15, 0.2) is 0 Å². The number of nitrogens with one attached hydrogen (secondary N) is 2. The van der Waals surface area contributed by atoms with Crippen LogP contribution < -0.4 is 10.6 Å². The third kappa shape index (κ3) is 4.88. The number of hydrogen-bond acceptors (Lipinski definition) is 4. The molecule has 0 radical (unpaired) electrons. The maximum absolute atomic E-state index is 12.2. The summed E-state index contributed by atoms with van der Waals surface area (Å²) in [6.45, 7) is -0.857. The van der Waals surface area contributed by atoms with Gasteiger partial charge in [-0.2, -0.15) is 10.4 Å². The van der Waals surface area contributed by atoms with Crippen LogP contribution in [0.15, 0.2) is 36.7 Å². The molecule has 1 aromatic carbocycles. The smallest absolute Gasteiger partial charge is 0.257 e. The zero-order chi connectivity index (χ0) is 17.5. The van der Waals surface area contributed by atoms with Crippen LogP contribution in [0.25, 0.3) is 0 Å². The summed E-state index contributed by atoms with van der Waals surface area (Å²) < 4.78 is 25.4. The highest BCUT2D eigenvalue weighted by Crippen LogP contribution is 2.07. The lowest BCUT2D eigenvalue weighted by atomic mass is 10.1. The average molecular weight is 333 g/mol. The van der Waals surface area contributed by atoms with Gasteiger partial charge in [0.25, 0.3) is 12.3 Å². The molecule has 2 rings (SSSR count). The number of nitrogens with zero attached hydrogens (tertiary/aromatic N) is 3. The molecule has 2 aromatic rings. The maximum atomic E-state index is 12.2. The molecule has 2 amide bonds. The Labute approximate surface area is 135 Å². The minimum absolute atomic E-state index is 0.258. The lowest BCUT2D eigenvalue weighted by molar-refractivity contribution is -0.115. The highest BCUT2D eigenvalue weighted by atomic mass is 19.3. The molecule has 2 N–H and O–H groups in total. The molecule has 0 aliphatic carbocycles. The molecule has 0 bridgehead atoms. The molecule has 0 spiro atoms. The SMILES string of the molecule is N#Cc1ccc(C(=O)NCC(=O)Nc2cnn(CC(F)F)c2)cc1. The van der Waals surface area contributed by atoms with Crippen molar-refractivity contribution in [2.45, 2.75) is 13.0 Å². The summed E-state index contributed by atoms with van der Waals surface area (Å²) in [7, 11) is 0. The zero-order valence-corrected chi connectivity index (χ0v) is 12.4. The highest BCUT2D eigenvalue weighted by molar-refractivity contribution is 5.99. The van der Waals surface area contributed by atoms with E-state index in [2.05, 4.69) is 15.7 Å². The van der Waals surface area contributed by atoms with Crippen LogP contribution in [-0.2, 0) is 11.3 Å². The first-order valence-corrected chi connectivity index (χ1v) is 6.86. The van der Waals surface area contributed by atoms with E-state index in [0.717, 1.165) is 4.68 Å². The first-order valence-electron chi connectivity index (χ1n) is 6.86. The molecule has 9 heteroatoms. The molecule has 1 aromatic heterocycles. The summed E-state index contributed by atoms with van der Waals surface area (Å²) in [6, 6.07) is 7.86. The molecule has 0 aliphatic heterocycles. The number of alkyl halides is 2. The van der Waals surface area contributed by atoms with Crippen LogP contribution in [-0.4, -0.2) is 34.6 Å². The average Bonchev–Trinajstić information content (AvgIpc) is 2.98. The normalized spacial score (nSPS) is 10.2. The van der Waals surface area contributed by atoms with E-state index in [1.807, 2.05) is 6.07 Å². The highest BCUT2D eigenvalue weighted by Gasteiger charge is 2.10. The summed E-state index contributed by atoms with van der Waals surface area (Å²) in [5, 5.41) is 17.2. The number of hydrogen-bond donors (Lipinski definition) is 2. The fourth-order valence-electron chi connectivity index (χ4n) is 1.83. The molecule has 0 saturated heterocycles. The second-order valence-electron chi connectivity index (χ2n) is 4.76. The third-order valence-corrected chi connectivity index (χ3v) is 2.93. The van der Waals surface area contributed by atoms with Gasteiger partial charge in [-0.1, -0.05) is 0 Å². The number of amides is 2. The van der Waals surface area contributed by atoms with Gasteiger partial charge in [-0.25, -0.2) is 8.78 Å². The van der Waals surface area contributed by atoms with Crippen molar-refractivity contribution in [3.05, 3.63) is 47.8 Å². The summed E-state index contributed by atoms with van der Waals surface area (Å²) in [6.07, 6.45) is -0.0324. The van der Waals surface area contributed by atoms with Gasteiger partial charge in [0.1, 0.15) is 6.54 Å². The molecule has 1 heterocycles. The van der Waals surface area contributed by atoms with Crippen molar-refractivity contribution >= 4 is 17.5 Å². The zero-order valence-electron chi connectivity index (χ0n) is 12.4. The fraction of sp³-hybridized carbons (Fsp3) is 0.200. The molecular weight excluding hydrogens is 320 g/mol. The molecule has 24 heavy (non-hydrogen) atoms. The van der Waals surface area contributed by atoms with Gasteiger partial charge < -0.3 is 10.6 Å². The lowest BCUT2D eigenvalue weighted by Gasteiger charge is -2.05. The Morgan fingerprint density at radius 2 is 2.00 bits per heavy atom. The number of anilines is 1. The van der Waals surface area contributed by atoms with Crippen LogP contribution in [0, 0.1) is 11.3 Å². The second kappa shape index (κ2) is 7.82. The van der Waals surface area contributed by atoms with Gasteiger partial charge in [0.05, 0.1) is 30.1 Å². The number of nitriles is 1. The number of aromatic nitrogens is 2. The maximum Gasteiger partial charge on any atom is 0.257 e. The predicted octanol–water partition coefficient (Wildman–Crippen LogP) is 1.39. The van der Waals surface area contributed by atoms with Crippen molar-refractivity contribution in [3.63, 3.8) is 0 Å². The standard InChI is InChI=1S/C15H13F2N5O2/c16-13(17)9-22-8-12(6-20-22)21-14(23)7-19-15(24)11-3-1-10(5-18)2-4-11/h1-4,6,8,13H,7,9H2,(H,19,24)(H,21,23). The van der Waals surface area contributed by atoms with Gasteiger partial charge in [-0.05, 0) is 24.3 Å². The van der Waals surface area contributed by atoms with Crippen molar-refractivity contribution in [3.8, 4) is 6.07 Å². The minimum Gasteiger partial charge on any atom is -0.343 e. The fourth-order valence-corrected chi connectivity index (χ4v) is 1.83. The van der Waals surface area contributed by atoms with E-state index in [1.165, 1.54) is 36.7 Å². The Balaban J connectivity index is 1.83. The largest absolute Gasteiger partial charge is 0.343 e. The Morgan fingerprint density at radius 3 is 2.62 bits per heavy atom. The molecular formula is C15H13F2N5O2. The van der Waals surface area contributed by atoms with E-state index in [-0.39, 0.29) is 12.2 Å². The number of rotatable bonds is 6. The Hall–Kier alpha value is -3.28. The molecule has 124 valence electrons. The van der Waals surface area contributed by atoms with E-state index in [9.17, 15) is 18.4 Å². The van der Waals surface area contributed by atoms with Gasteiger partial charge in [-0.15, -0.1) is 0 Å². The Morgan fingerprint density at radius 1 is 1.29 bits per heavy atom. The molecule has 0 unspecified atom stereocenters.